The molecule has 6 heteroatoms. The summed E-state index contributed by atoms with van der Waals surface area (Å²) in [7, 11) is 1.64. The highest BCUT2D eigenvalue weighted by molar-refractivity contribution is 5.94. The molecule has 0 bridgehead atoms. The molecule has 0 atom stereocenters. The monoisotopic (exact) mass is 286 g/mol. The molecule has 1 N–H and O–H groups in total. The van der Waals surface area contributed by atoms with Crippen LogP contribution >= 0.6 is 0 Å². The lowest BCUT2D eigenvalue weighted by atomic mass is 10.1. The molecule has 0 fully saturated rings. The van der Waals surface area contributed by atoms with Crippen molar-refractivity contribution in [2.24, 2.45) is 0 Å². The Balaban J connectivity index is 2.06. The summed E-state index contributed by atoms with van der Waals surface area (Å²) in [6, 6.07) is 12.2. The van der Waals surface area contributed by atoms with Gasteiger partial charge in [-0.3, -0.25) is 14.9 Å². The molecule has 0 aliphatic heterocycles. The number of nitrogens with zero attached hydrogens (tertiary/aromatic N) is 2. The molecule has 21 heavy (non-hydrogen) atoms. The lowest BCUT2D eigenvalue weighted by Gasteiger charge is -2.17. The molecule has 1 amide bonds. The van der Waals surface area contributed by atoms with E-state index in [0.29, 0.717) is 11.3 Å². The topological polar surface area (TPSA) is 83.7 Å². The molecule has 0 saturated heterocycles. The number of likely N-dealkylation sites (N-methyl/N-ethyl adjacent to an activating group) is 1. The summed E-state index contributed by atoms with van der Waals surface area (Å²) in [5.41, 5.74) is 1.37. The van der Waals surface area contributed by atoms with Crippen molar-refractivity contribution < 1.29 is 14.8 Å². The SMILES string of the molecule is CN(C(=O)Cc1ccc([N+](=O)[O-])cc1)c1ccc(O)cc1. The number of amides is 1. The maximum atomic E-state index is 12.1. The molecule has 0 saturated carbocycles. The molecular weight excluding hydrogens is 272 g/mol. The molecule has 0 heterocycles. The summed E-state index contributed by atoms with van der Waals surface area (Å²) >= 11 is 0. The van der Waals surface area contributed by atoms with Crippen LogP contribution < -0.4 is 4.90 Å². The van der Waals surface area contributed by atoms with Crippen LogP contribution in [0.15, 0.2) is 48.5 Å². The van der Waals surface area contributed by atoms with Gasteiger partial charge >= 0.3 is 0 Å². The maximum Gasteiger partial charge on any atom is 0.269 e. The predicted octanol–water partition coefficient (Wildman–Crippen LogP) is 2.51. The zero-order chi connectivity index (χ0) is 15.4. The van der Waals surface area contributed by atoms with E-state index >= 15 is 0 Å². The summed E-state index contributed by atoms with van der Waals surface area (Å²) in [6.45, 7) is 0. The van der Waals surface area contributed by atoms with Crippen LogP contribution in [0.1, 0.15) is 5.56 Å². The molecule has 2 rings (SSSR count). The van der Waals surface area contributed by atoms with Crippen molar-refractivity contribution in [1.29, 1.82) is 0 Å². The summed E-state index contributed by atoms with van der Waals surface area (Å²) < 4.78 is 0. The van der Waals surface area contributed by atoms with Crippen LogP contribution in [-0.4, -0.2) is 23.0 Å². The second kappa shape index (κ2) is 6.04. The number of phenols is 1. The van der Waals surface area contributed by atoms with Gasteiger partial charge in [0.1, 0.15) is 5.75 Å². The van der Waals surface area contributed by atoms with E-state index in [-0.39, 0.29) is 23.8 Å². The normalized spacial score (nSPS) is 10.1. The largest absolute Gasteiger partial charge is 0.508 e. The smallest absolute Gasteiger partial charge is 0.269 e. The Morgan fingerprint density at radius 1 is 1.14 bits per heavy atom. The first-order valence-corrected chi connectivity index (χ1v) is 6.26. The van der Waals surface area contributed by atoms with E-state index in [1.165, 1.54) is 29.2 Å². The van der Waals surface area contributed by atoms with Crippen molar-refractivity contribution in [3.05, 3.63) is 64.2 Å². The van der Waals surface area contributed by atoms with Gasteiger partial charge in [-0.15, -0.1) is 0 Å². The van der Waals surface area contributed by atoms with Crippen molar-refractivity contribution in [3.63, 3.8) is 0 Å². The van der Waals surface area contributed by atoms with Gasteiger partial charge in [0.2, 0.25) is 5.91 Å². The van der Waals surface area contributed by atoms with Gasteiger partial charge in [-0.05, 0) is 29.8 Å². The van der Waals surface area contributed by atoms with E-state index in [0.717, 1.165) is 0 Å². The summed E-state index contributed by atoms with van der Waals surface area (Å²) in [5, 5.41) is 19.8. The third kappa shape index (κ3) is 3.56. The Kier molecular flexibility index (Phi) is 4.18. The average Bonchev–Trinajstić information content (AvgIpc) is 2.47. The van der Waals surface area contributed by atoms with E-state index in [1.807, 2.05) is 0 Å². The quantitative estimate of drug-likeness (QED) is 0.691. The Morgan fingerprint density at radius 3 is 2.24 bits per heavy atom. The predicted molar refractivity (Wildman–Crippen MR) is 78.3 cm³/mol. The molecule has 2 aromatic carbocycles. The van der Waals surface area contributed by atoms with Crippen LogP contribution in [0, 0.1) is 10.1 Å². The second-order valence-electron chi connectivity index (χ2n) is 4.57. The molecule has 0 radical (unpaired) electrons. The fourth-order valence-electron chi connectivity index (χ4n) is 1.85. The van der Waals surface area contributed by atoms with Crippen LogP contribution in [0.2, 0.25) is 0 Å². The van der Waals surface area contributed by atoms with Crippen molar-refractivity contribution in [2.45, 2.75) is 6.42 Å². The first kappa shape index (κ1) is 14.5. The Morgan fingerprint density at radius 2 is 1.71 bits per heavy atom. The van der Waals surface area contributed by atoms with Gasteiger partial charge in [0.05, 0.1) is 11.3 Å². The first-order valence-electron chi connectivity index (χ1n) is 6.26. The van der Waals surface area contributed by atoms with E-state index in [4.69, 9.17) is 0 Å². The molecule has 108 valence electrons. The van der Waals surface area contributed by atoms with E-state index in [2.05, 4.69) is 0 Å². The number of phenolic OH excluding ortho intramolecular Hbond substituents is 1. The van der Waals surface area contributed by atoms with Gasteiger partial charge in [0.15, 0.2) is 0 Å². The first-order chi connectivity index (χ1) is 9.97. The lowest BCUT2D eigenvalue weighted by Crippen LogP contribution is -2.27. The minimum Gasteiger partial charge on any atom is -0.508 e. The van der Waals surface area contributed by atoms with Gasteiger partial charge in [0.25, 0.3) is 5.69 Å². The summed E-state index contributed by atoms with van der Waals surface area (Å²) in [6.07, 6.45) is 0.148. The zero-order valence-corrected chi connectivity index (χ0v) is 11.4. The molecule has 2 aromatic rings. The van der Waals surface area contributed by atoms with Gasteiger partial charge in [0, 0.05) is 24.9 Å². The fraction of sp³-hybridized carbons (Fsp3) is 0.133. The molecule has 0 aliphatic carbocycles. The van der Waals surface area contributed by atoms with Crippen LogP contribution in [0.25, 0.3) is 0 Å². The molecular formula is C15H14N2O4. The highest BCUT2D eigenvalue weighted by Crippen LogP contribution is 2.19. The highest BCUT2D eigenvalue weighted by Gasteiger charge is 2.12. The van der Waals surface area contributed by atoms with Crippen LogP contribution in [0.5, 0.6) is 5.75 Å². The molecule has 0 unspecified atom stereocenters. The number of nitro benzene ring substituents is 1. The third-order valence-corrected chi connectivity index (χ3v) is 3.11. The molecule has 0 aromatic heterocycles. The maximum absolute atomic E-state index is 12.1. The van der Waals surface area contributed by atoms with Crippen LogP contribution in [0.3, 0.4) is 0 Å². The Hall–Kier alpha value is -2.89. The van der Waals surface area contributed by atoms with Gasteiger partial charge in [-0.25, -0.2) is 0 Å². The standard InChI is InChI=1S/C15H14N2O4/c1-16(12-6-8-14(18)9-7-12)15(19)10-11-2-4-13(5-3-11)17(20)21/h2-9,18H,10H2,1H3. The number of non-ortho nitro benzene ring substituents is 1. The minimum atomic E-state index is -0.478. The van der Waals surface area contributed by atoms with Gasteiger partial charge < -0.3 is 10.0 Å². The van der Waals surface area contributed by atoms with Crippen LogP contribution in [0.4, 0.5) is 11.4 Å². The van der Waals surface area contributed by atoms with Crippen LogP contribution in [-0.2, 0) is 11.2 Å². The van der Waals surface area contributed by atoms with Gasteiger partial charge in [-0.2, -0.15) is 0 Å². The van der Waals surface area contributed by atoms with Crippen molar-refractivity contribution in [3.8, 4) is 5.75 Å². The number of hydrogen-bond acceptors (Lipinski definition) is 4. The number of aromatic hydroxyl groups is 1. The molecule has 0 spiro atoms. The third-order valence-electron chi connectivity index (χ3n) is 3.11. The fourth-order valence-corrected chi connectivity index (χ4v) is 1.85. The van der Waals surface area contributed by atoms with E-state index in [1.54, 1.807) is 31.3 Å². The minimum absolute atomic E-state index is 0.00177. The van der Waals surface area contributed by atoms with Crippen molar-refractivity contribution in [1.82, 2.24) is 0 Å². The summed E-state index contributed by atoms with van der Waals surface area (Å²) in [5.74, 6) is -0.00971. The second-order valence-corrected chi connectivity index (χ2v) is 4.57. The average molecular weight is 286 g/mol. The molecule has 6 nitrogen and oxygen atoms in total. The number of hydrogen-bond donors (Lipinski definition) is 1. The Bertz CT molecular complexity index is 650. The Labute approximate surface area is 121 Å². The number of benzene rings is 2. The van der Waals surface area contributed by atoms with E-state index < -0.39 is 4.92 Å². The number of anilines is 1. The molecule has 0 aliphatic rings. The summed E-state index contributed by atoms with van der Waals surface area (Å²) in [4.78, 5) is 23.7. The highest BCUT2D eigenvalue weighted by atomic mass is 16.6. The van der Waals surface area contributed by atoms with Crippen molar-refractivity contribution in [2.75, 3.05) is 11.9 Å². The van der Waals surface area contributed by atoms with Crippen molar-refractivity contribution >= 4 is 17.3 Å². The number of carbonyl (C=O) groups is 1. The van der Waals surface area contributed by atoms with E-state index in [9.17, 15) is 20.0 Å². The zero-order valence-electron chi connectivity index (χ0n) is 11.4. The lowest BCUT2D eigenvalue weighted by molar-refractivity contribution is -0.384. The number of nitro groups is 1. The number of carbonyl (C=O) groups excluding carboxylic acids is 1. The van der Waals surface area contributed by atoms with Gasteiger partial charge in [-0.1, -0.05) is 12.1 Å². The number of rotatable bonds is 4.